The van der Waals surface area contributed by atoms with Gasteiger partial charge in [-0.05, 0) is 26.3 Å². The molecule has 0 N–H and O–H groups in total. The van der Waals surface area contributed by atoms with Crippen molar-refractivity contribution in [2.24, 2.45) is 0 Å². The van der Waals surface area contributed by atoms with E-state index in [0.29, 0.717) is 0 Å². The summed E-state index contributed by atoms with van der Waals surface area (Å²) in [6.45, 7) is 5.82. The van der Waals surface area contributed by atoms with Gasteiger partial charge in [0.25, 0.3) is 5.91 Å². The third kappa shape index (κ3) is 2.42. The van der Waals surface area contributed by atoms with Crippen molar-refractivity contribution in [3.8, 4) is 0 Å². The van der Waals surface area contributed by atoms with Crippen LogP contribution in [0.2, 0.25) is 0 Å². The highest BCUT2D eigenvalue weighted by molar-refractivity contribution is 5.86. The molecule has 0 saturated carbocycles. The van der Waals surface area contributed by atoms with Crippen LogP contribution >= 0.6 is 0 Å². The maximum Gasteiger partial charge on any atom is 0.255 e. The van der Waals surface area contributed by atoms with E-state index in [9.17, 15) is 4.79 Å². The number of aryl methyl sites for hydroxylation is 1. The summed E-state index contributed by atoms with van der Waals surface area (Å²) in [5.41, 5.74) is 1.61. The first kappa shape index (κ1) is 12.7. The highest BCUT2D eigenvalue weighted by Crippen LogP contribution is 2.25. The first-order valence-corrected chi connectivity index (χ1v) is 5.29. The van der Waals surface area contributed by atoms with Crippen molar-refractivity contribution >= 4 is 5.91 Å². The Kier molecular flexibility index (Phi) is 3.70. The van der Waals surface area contributed by atoms with E-state index in [1.165, 1.54) is 17.7 Å². The highest BCUT2D eigenvalue weighted by atomic mass is 16.7. The predicted octanol–water partition coefficient (Wildman–Crippen LogP) is 2.29. The van der Waals surface area contributed by atoms with E-state index in [1.807, 2.05) is 45.0 Å². The van der Waals surface area contributed by atoms with Gasteiger partial charge in [-0.25, -0.2) is 5.06 Å². The SMILES string of the molecule is CON(C)C(=O)C(C)(C)c1ccc(C)cc1. The summed E-state index contributed by atoms with van der Waals surface area (Å²) in [6, 6.07) is 7.99. The largest absolute Gasteiger partial charge is 0.275 e. The van der Waals surface area contributed by atoms with Crippen LogP contribution in [-0.2, 0) is 15.0 Å². The lowest BCUT2D eigenvalue weighted by Gasteiger charge is -2.28. The van der Waals surface area contributed by atoms with Gasteiger partial charge in [0.1, 0.15) is 0 Å². The molecular formula is C13H19NO2. The minimum Gasteiger partial charge on any atom is -0.275 e. The lowest BCUT2D eigenvalue weighted by atomic mass is 9.83. The molecule has 16 heavy (non-hydrogen) atoms. The molecule has 88 valence electrons. The van der Waals surface area contributed by atoms with Gasteiger partial charge < -0.3 is 0 Å². The number of rotatable bonds is 3. The first-order valence-electron chi connectivity index (χ1n) is 5.29. The normalized spacial score (nSPS) is 11.3. The fourth-order valence-electron chi connectivity index (χ4n) is 1.57. The van der Waals surface area contributed by atoms with Crippen molar-refractivity contribution in [1.29, 1.82) is 0 Å². The molecule has 3 heteroatoms. The molecule has 1 rings (SSSR count). The molecule has 0 spiro atoms. The molecule has 0 bridgehead atoms. The number of likely N-dealkylation sites (N-methyl/N-ethyl adjacent to an activating group) is 1. The zero-order valence-corrected chi connectivity index (χ0v) is 10.6. The molecule has 1 aromatic carbocycles. The molecule has 1 aromatic rings. The van der Waals surface area contributed by atoms with Crippen molar-refractivity contribution in [1.82, 2.24) is 5.06 Å². The molecule has 0 saturated heterocycles. The van der Waals surface area contributed by atoms with E-state index < -0.39 is 5.41 Å². The topological polar surface area (TPSA) is 29.5 Å². The van der Waals surface area contributed by atoms with Crippen molar-refractivity contribution in [2.45, 2.75) is 26.2 Å². The molecule has 0 unspecified atom stereocenters. The number of nitrogens with zero attached hydrogens (tertiary/aromatic N) is 1. The summed E-state index contributed by atoms with van der Waals surface area (Å²) in [7, 11) is 3.11. The van der Waals surface area contributed by atoms with E-state index >= 15 is 0 Å². The maximum absolute atomic E-state index is 12.1. The van der Waals surface area contributed by atoms with Crippen LogP contribution in [0.25, 0.3) is 0 Å². The summed E-state index contributed by atoms with van der Waals surface area (Å²) in [4.78, 5) is 17.0. The van der Waals surface area contributed by atoms with Gasteiger partial charge in [-0.2, -0.15) is 0 Å². The fraction of sp³-hybridized carbons (Fsp3) is 0.462. The molecule has 0 aliphatic rings. The Balaban J connectivity index is 3.01. The molecule has 0 fully saturated rings. The predicted molar refractivity (Wildman–Crippen MR) is 64.0 cm³/mol. The second-order valence-corrected chi connectivity index (χ2v) is 4.48. The van der Waals surface area contributed by atoms with Crippen LogP contribution in [0, 0.1) is 6.92 Å². The van der Waals surface area contributed by atoms with Crippen molar-refractivity contribution in [3.63, 3.8) is 0 Å². The lowest BCUT2D eigenvalue weighted by Crippen LogP contribution is -2.40. The number of amides is 1. The summed E-state index contributed by atoms with van der Waals surface area (Å²) < 4.78 is 0. The number of carbonyl (C=O) groups is 1. The minimum atomic E-state index is -0.571. The fourth-order valence-corrected chi connectivity index (χ4v) is 1.57. The van der Waals surface area contributed by atoms with Gasteiger partial charge in [-0.15, -0.1) is 0 Å². The summed E-state index contributed by atoms with van der Waals surface area (Å²) in [5, 5.41) is 1.26. The quantitative estimate of drug-likeness (QED) is 0.733. The molecule has 0 radical (unpaired) electrons. The maximum atomic E-state index is 12.1. The molecule has 1 amide bonds. The number of hydrogen-bond acceptors (Lipinski definition) is 2. The van der Waals surface area contributed by atoms with Gasteiger partial charge in [-0.1, -0.05) is 29.8 Å². The van der Waals surface area contributed by atoms with Crippen LogP contribution in [0.15, 0.2) is 24.3 Å². The van der Waals surface area contributed by atoms with E-state index in [4.69, 9.17) is 4.84 Å². The van der Waals surface area contributed by atoms with Crippen LogP contribution in [0.1, 0.15) is 25.0 Å². The Morgan fingerprint density at radius 2 is 1.75 bits per heavy atom. The second kappa shape index (κ2) is 4.66. The summed E-state index contributed by atoms with van der Waals surface area (Å²) in [6.07, 6.45) is 0. The third-order valence-electron chi connectivity index (χ3n) is 2.87. The molecule has 0 aromatic heterocycles. The van der Waals surface area contributed by atoms with Gasteiger partial charge in [0, 0.05) is 7.05 Å². The second-order valence-electron chi connectivity index (χ2n) is 4.48. The Morgan fingerprint density at radius 3 is 2.19 bits per heavy atom. The van der Waals surface area contributed by atoms with Gasteiger partial charge >= 0.3 is 0 Å². The molecule has 0 heterocycles. The molecule has 0 aliphatic heterocycles. The highest BCUT2D eigenvalue weighted by Gasteiger charge is 2.32. The van der Waals surface area contributed by atoms with E-state index in [0.717, 1.165) is 5.56 Å². The Labute approximate surface area is 97.0 Å². The number of hydrogen-bond donors (Lipinski definition) is 0. The van der Waals surface area contributed by atoms with Gasteiger partial charge in [0.05, 0.1) is 12.5 Å². The van der Waals surface area contributed by atoms with Crippen molar-refractivity contribution in [2.75, 3.05) is 14.2 Å². The summed E-state index contributed by atoms with van der Waals surface area (Å²) in [5.74, 6) is -0.0566. The van der Waals surface area contributed by atoms with E-state index in [2.05, 4.69) is 0 Å². The van der Waals surface area contributed by atoms with Gasteiger partial charge in [0.2, 0.25) is 0 Å². The smallest absolute Gasteiger partial charge is 0.255 e. The number of carbonyl (C=O) groups excluding carboxylic acids is 1. The Hall–Kier alpha value is -1.35. The first-order chi connectivity index (χ1) is 7.39. The van der Waals surface area contributed by atoms with Crippen LogP contribution in [0.3, 0.4) is 0 Å². The van der Waals surface area contributed by atoms with E-state index in [-0.39, 0.29) is 5.91 Å². The monoisotopic (exact) mass is 221 g/mol. The van der Waals surface area contributed by atoms with Gasteiger partial charge in [0.15, 0.2) is 0 Å². The number of hydroxylamine groups is 2. The molecular weight excluding hydrogens is 202 g/mol. The van der Waals surface area contributed by atoms with Gasteiger partial charge in [-0.3, -0.25) is 9.63 Å². The zero-order valence-electron chi connectivity index (χ0n) is 10.6. The minimum absolute atomic E-state index is 0.0566. The molecule has 0 aliphatic carbocycles. The number of benzene rings is 1. The van der Waals surface area contributed by atoms with Crippen molar-refractivity contribution < 1.29 is 9.63 Å². The molecule has 3 nitrogen and oxygen atoms in total. The van der Waals surface area contributed by atoms with Crippen LogP contribution in [0.5, 0.6) is 0 Å². The van der Waals surface area contributed by atoms with Crippen LogP contribution < -0.4 is 0 Å². The van der Waals surface area contributed by atoms with Crippen LogP contribution in [0.4, 0.5) is 0 Å². The Morgan fingerprint density at radius 1 is 1.25 bits per heavy atom. The average Bonchev–Trinajstić information content (AvgIpc) is 2.27. The summed E-state index contributed by atoms with van der Waals surface area (Å²) >= 11 is 0. The Bertz CT molecular complexity index is 368. The molecule has 0 atom stereocenters. The van der Waals surface area contributed by atoms with Crippen LogP contribution in [-0.4, -0.2) is 25.1 Å². The zero-order chi connectivity index (χ0) is 12.3. The standard InChI is InChI=1S/C13H19NO2/c1-10-6-8-11(9-7-10)13(2,3)12(15)14(4)16-5/h6-9H,1-5H3. The lowest BCUT2D eigenvalue weighted by molar-refractivity contribution is -0.174. The average molecular weight is 221 g/mol. The van der Waals surface area contributed by atoms with E-state index in [1.54, 1.807) is 7.05 Å². The third-order valence-corrected chi connectivity index (χ3v) is 2.87. The van der Waals surface area contributed by atoms with Crippen molar-refractivity contribution in [3.05, 3.63) is 35.4 Å².